The molecule has 0 aromatic carbocycles. The zero-order chi connectivity index (χ0) is 17.4. The maximum absolute atomic E-state index is 12.9. The first-order chi connectivity index (χ1) is 12.1. The van der Waals surface area contributed by atoms with Gasteiger partial charge < -0.3 is 4.90 Å². The van der Waals surface area contributed by atoms with Crippen LogP contribution in [0.5, 0.6) is 0 Å². The number of rotatable bonds is 3. The van der Waals surface area contributed by atoms with Crippen molar-refractivity contribution in [3.8, 4) is 0 Å². The van der Waals surface area contributed by atoms with E-state index >= 15 is 0 Å². The molecular formula is C19H25N3O2S. The van der Waals surface area contributed by atoms with Crippen LogP contribution in [0.1, 0.15) is 49.5 Å². The zero-order valence-electron chi connectivity index (χ0n) is 14.8. The third-order valence-electron chi connectivity index (χ3n) is 5.64. The lowest BCUT2D eigenvalue weighted by atomic mass is 9.97. The van der Waals surface area contributed by atoms with Gasteiger partial charge in [-0.15, -0.1) is 11.3 Å². The highest BCUT2D eigenvalue weighted by Crippen LogP contribution is 2.33. The van der Waals surface area contributed by atoms with Crippen molar-refractivity contribution < 1.29 is 4.79 Å². The van der Waals surface area contributed by atoms with Gasteiger partial charge >= 0.3 is 0 Å². The van der Waals surface area contributed by atoms with Gasteiger partial charge in [0.2, 0.25) is 5.91 Å². The summed E-state index contributed by atoms with van der Waals surface area (Å²) in [5.74, 6) is 0.870. The standard InChI is InChI=1S/C19H25N3O2S/c1-13-6-9-21(10-7-13)16(23)8-11-22-12-20-18-17(19(22)24)14-4-2-3-5-15(14)25-18/h12-13H,2-11H2,1H3. The van der Waals surface area contributed by atoms with Crippen LogP contribution in [-0.2, 0) is 24.2 Å². The van der Waals surface area contributed by atoms with Crippen LogP contribution in [0.4, 0.5) is 0 Å². The van der Waals surface area contributed by atoms with Gasteiger partial charge in [-0.2, -0.15) is 0 Å². The van der Waals surface area contributed by atoms with Gasteiger partial charge in [0.05, 0.1) is 11.7 Å². The number of carbonyl (C=O) groups is 1. The number of nitrogens with zero attached hydrogens (tertiary/aromatic N) is 3. The molecule has 0 bridgehead atoms. The molecule has 0 saturated carbocycles. The van der Waals surface area contributed by atoms with E-state index < -0.39 is 0 Å². The zero-order valence-corrected chi connectivity index (χ0v) is 15.6. The van der Waals surface area contributed by atoms with Crippen LogP contribution in [0.25, 0.3) is 10.2 Å². The fraction of sp³-hybridized carbons (Fsp3) is 0.632. The highest BCUT2D eigenvalue weighted by atomic mass is 32.1. The normalized spacial score (nSPS) is 18.5. The summed E-state index contributed by atoms with van der Waals surface area (Å²) < 4.78 is 1.63. The monoisotopic (exact) mass is 359 g/mol. The Bertz CT molecular complexity index is 846. The molecule has 4 rings (SSSR count). The summed E-state index contributed by atoms with van der Waals surface area (Å²) in [7, 11) is 0. The molecule has 134 valence electrons. The van der Waals surface area contributed by atoms with Crippen LogP contribution >= 0.6 is 11.3 Å². The molecule has 25 heavy (non-hydrogen) atoms. The third-order valence-corrected chi connectivity index (χ3v) is 6.84. The molecule has 0 N–H and O–H groups in total. The molecule has 1 amide bonds. The first kappa shape index (κ1) is 16.8. The summed E-state index contributed by atoms with van der Waals surface area (Å²) in [4.78, 5) is 34.0. The van der Waals surface area contributed by atoms with Gasteiger partial charge in [0.15, 0.2) is 0 Å². The molecular weight excluding hydrogens is 334 g/mol. The van der Waals surface area contributed by atoms with E-state index in [2.05, 4.69) is 11.9 Å². The summed E-state index contributed by atoms with van der Waals surface area (Å²) in [6, 6.07) is 0. The van der Waals surface area contributed by atoms with Crippen LogP contribution in [0.3, 0.4) is 0 Å². The topological polar surface area (TPSA) is 55.2 Å². The number of aromatic nitrogens is 2. The number of aryl methyl sites for hydroxylation is 3. The van der Waals surface area contributed by atoms with E-state index in [9.17, 15) is 9.59 Å². The maximum atomic E-state index is 12.9. The van der Waals surface area contributed by atoms with Gasteiger partial charge in [0.25, 0.3) is 5.56 Å². The molecule has 0 atom stereocenters. The molecule has 5 nitrogen and oxygen atoms in total. The molecule has 6 heteroatoms. The Morgan fingerprint density at radius 1 is 1.28 bits per heavy atom. The Balaban J connectivity index is 1.51. The third kappa shape index (κ3) is 3.24. The molecule has 3 heterocycles. The van der Waals surface area contributed by atoms with Crippen molar-refractivity contribution in [1.82, 2.24) is 14.5 Å². The van der Waals surface area contributed by atoms with E-state index in [1.165, 1.54) is 16.9 Å². The molecule has 2 aromatic heterocycles. The van der Waals surface area contributed by atoms with Crippen molar-refractivity contribution in [2.75, 3.05) is 13.1 Å². The van der Waals surface area contributed by atoms with Crippen molar-refractivity contribution in [2.45, 2.75) is 58.4 Å². The molecule has 1 aliphatic carbocycles. The van der Waals surface area contributed by atoms with Crippen molar-refractivity contribution >= 4 is 27.5 Å². The second-order valence-electron chi connectivity index (χ2n) is 7.45. The molecule has 2 aromatic rings. The van der Waals surface area contributed by atoms with Gasteiger partial charge in [-0.05, 0) is 50.0 Å². The summed E-state index contributed by atoms with van der Waals surface area (Å²) in [5, 5.41) is 0.807. The van der Waals surface area contributed by atoms with Gasteiger partial charge in [0, 0.05) is 30.9 Å². The van der Waals surface area contributed by atoms with E-state index in [-0.39, 0.29) is 11.5 Å². The van der Waals surface area contributed by atoms with Crippen LogP contribution in [0.15, 0.2) is 11.1 Å². The van der Waals surface area contributed by atoms with E-state index in [1.807, 2.05) is 4.90 Å². The Kier molecular flexibility index (Phi) is 4.63. The number of fused-ring (bicyclic) bond motifs is 3. The molecule has 0 spiro atoms. The number of thiophene rings is 1. The molecule has 0 unspecified atom stereocenters. The smallest absolute Gasteiger partial charge is 0.262 e. The van der Waals surface area contributed by atoms with Crippen molar-refractivity contribution in [3.63, 3.8) is 0 Å². The fourth-order valence-electron chi connectivity index (χ4n) is 3.97. The van der Waals surface area contributed by atoms with Crippen molar-refractivity contribution in [2.24, 2.45) is 5.92 Å². The van der Waals surface area contributed by atoms with Gasteiger partial charge in [-0.25, -0.2) is 4.98 Å². The van der Waals surface area contributed by atoms with Gasteiger partial charge in [-0.1, -0.05) is 6.92 Å². The van der Waals surface area contributed by atoms with Crippen molar-refractivity contribution in [3.05, 3.63) is 27.1 Å². The Hall–Kier alpha value is -1.69. The Labute approximate surface area is 151 Å². The fourth-order valence-corrected chi connectivity index (χ4v) is 5.19. The average molecular weight is 359 g/mol. The van der Waals surface area contributed by atoms with E-state index in [1.54, 1.807) is 22.2 Å². The lowest BCUT2D eigenvalue weighted by molar-refractivity contribution is -0.132. The Morgan fingerprint density at radius 3 is 2.84 bits per heavy atom. The predicted molar refractivity (Wildman–Crippen MR) is 100 cm³/mol. The number of likely N-dealkylation sites (tertiary alicyclic amines) is 1. The first-order valence-electron chi connectivity index (χ1n) is 9.41. The quantitative estimate of drug-likeness (QED) is 0.846. The molecule has 2 aliphatic rings. The highest BCUT2D eigenvalue weighted by molar-refractivity contribution is 7.18. The van der Waals surface area contributed by atoms with E-state index in [4.69, 9.17) is 0 Å². The SMILES string of the molecule is CC1CCN(C(=O)CCn2cnc3sc4c(c3c2=O)CCCC4)CC1. The number of amides is 1. The second-order valence-corrected chi connectivity index (χ2v) is 8.53. The number of carbonyl (C=O) groups excluding carboxylic acids is 1. The number of hydrogen-bond acceptors (Lipinski definition) is 4. The Morgan fingerprint density at radius 2 is 2.04 bits per heavy atom. The van der Waals surface area contributed by atoms with Crippen LogP contribution in [0, 0.1) is 5.92 Å². The molecule has 1 saturated heterocycles. The summed E-state index contributed by atoms with van der Waals surface area (Å²) in [6.07, 6.45) is 8.59. The van der Waals surface area contributed by atoms with E-state index in [0.29, 0.717) is 18.9 Å². The summed E-state index contributed by atoms with van der Waals surface area (Å²) in [5.41, 5.74) is 1.25. The highest BCUT2D eigenvalue weighted by Gasteiger charge is 2.22. The van der Waals surface area contributed by atoms with Crippen LogP contribution in [-0.4, -0.2) is 33.4 Å². The lowest BCUT2D eigenvalue weighted by Gasteiger charge is -2.30. The minimum absolute atomic E-state index is 0.0319. The number of piperidine rings is 1. The average Bonchev–Trinajstić information content (AvgIpc) is 3.01. The largest absolute Gasteiger partial charge is 0.343 e. The minimum atomic E-state index is 0.0319. The first-order valence-corrected chi connectivity index (χ1v) is 10.2. The number of hydrogen-bond donors (Lipinski definition) is 0. The van der Waals surface area contributed by atoms with Gasteiger partial charge in [0.1, 0.15) is 4.83 Å². The molecule has 0 radical (unpaired) electrons. The van der Waals surface area contributed by atoms with Gasteiger partial charge in [-0.3, -0.25) is 14.2 Å². The summed E-state index contributed by atoms with van der Waals surface area (Å²) >= 11 is 1.67. The predicted octanol–water partition coefficient (Wildman–Crippen LogP) is 2.99. The second kappa shape index (κ2) is 6.90. The van der Waals surface area contributed by atoms with Crippen LogP contribution < -0.4 is 5.56 Å². The lowest BCUT2D eigenvalue weighted by Crippen LogP contribution is -2.38. The molecule has 1 aliphatic heterocycles. The minimum Gasteiger partial charge on any atom is -0.343 e. The van der Waals surface area contributed by atoms with Crippen LogP contribution in [0.2, 0.25) is 0 Å². The van der Waals surface area contributed by atoms with E-state index in [0.717, 1.165) is 55.4 Å². The molecule has 1 fully saturated rings. The maximum Gasteiger partial charge on any atom is 0.262 e. The van der Waals surface area contributed by atoms with Crippen molar-refractivity contribution in [1.29, 1.82) is 0 Å². The summed E-state index contributed by atoms with van der Waals surface area (Å²) in [6.45, 7) is 4.37.